The number of fused-ring (bicyclic) bond motifs is 1. The molecule has 0 radical (unpaired) electrons. The van der Waals surface area contributed by atoms with Gasteiger partial charge >= 0.3 is 5.97 Å². The quantitative estimate of drug-likeness (QED) is 0.404. The molecule has 0 bridgehead atoms. The summed E-state index contributed by atoms with van der Waals surface area (Å²) in [5.74, 6) is -0.290. The molecule has 2 heterocycles. The van der Waals surface area contributed by atoms with Crippen molar-refractivity contribution in [3.05, 3.63) is 16.9 Å². The van der Waals surface area contributed by atoms with Crippen LogP contribution >= 0.6 is 23.4 Å². The zero-order valence-corrected chi connectivity index (χ0v) is 11.6. The van der Waals surface area contributed by atoms with Gasteiger partial charge in [-0.3, -0.25) is 4.79 Å². The fraction of sp³-hybridized carbons (Fsp3) is 0.364. The minimum absolute atomic E-state index is 0.290. The number of nitrogens with zero attached hydrogens (tertiary/aromatic N) is 2. The van der Waals surface area contributed by atoms with Gasteiger partial charge in [0.15, 0.2) is 5.16 Å². The number of rotatable bonds is 4. The van der Waals surface area contributed by atoms with E-state index < -0.39 is 0 Å². The van der Waals surface area contributed by atoms with Crippen LogP contribution in [-0.2, 0) is 16.0 Å². The lowest BCUT2D eigenvalue weighted by molar-refractivity contribution is -0.140. The van der Waals surface area contributed by atoms with Crippen molar-refractivity contribution in [2.45, 2.75) is 18.5 Å². The van der Waals surface area contributed by atoms with E-state index >= 15 is 0 Å². The predicted octanol–water partition coefficient (Wildman–Crippen LogP) is 2.44. The molecule has 0 amide bonds. The average molecular weight is 286 g/mol. The van der Waals surface area contributed by atoms with Gasteiger partial charge in [-0.15, -0.1) is 0 Å². The maximum absolute atomic E-state index is 10.7. The van der Waals surface area contributed by atoms with Crippen LogP contribution in [0.2, 0.25) is 5.15 Å². The number of nitrogens with one attached hydrogen (secondary N) is 1. The van der Waals surface area contributed by atoms with E-state index in [0.717, 1.165) is 10.9 Å². The van der Waals surface area contributed by atoms with Gasteiger partial charge in [0.2, 0.25) is 0 Å². The lowest BCUT2D eigenvalue weighted by Gasteiger charge is -2.02. The topological polar surface area (TPSA) is 67.9 Å². The highest BCUT2D eigenvalue weighted by atomic mass is 35.5. The van der Waals surface area contributed by atoms with Crippen molar-refractivity contribution >= 4 is 40.4 Å². The molecule has 0 unspecified atom stereocenters. The molecule has 0 spiro atoms. The number of aromatic nitrogens is 3. The first kappa shape index (κ1) is 13.2. The minimum Gasteiger partial charge on any atom is -0.466 e. The lowest BCUT2D eigenvalue weighted by atomic mass is 10.2. The molecule has 0 atom stereocenters. The van der Waals surface area contributed by atoms with E-state index in [2.05, 4.69) is 15.0 Å². The van der Waals surface area contributed by atoms with Gasteiger partial charge < -0.3 is 9.72 Å². The number of aromatic amines is 1. The molecule has 0 aliphatic heterocycles. The third-order valence-electron chi connectivity index (χ3n) is 2.41. The Balaban J connectivity index is 2.27. The Hall–Kier alpha value is -1.27. The molecule has 0 aromatic carbocycles. The number of thioether (sulfide) groups is 1. The molecular formula is C11H12ClN3O2S. The van der Waals surface area contributed by atoms with Crippen LogP contribution in [0.15, 0.2) is 11.4 Å². The molecule has 18 heavy (non-hydrogen) atoms. The molecule has 0 fully saturated rings. The second kappa shape index (κ2) is 5.58. The number of ether oxygens (including phenoxy) is 1. The summed E-state index contributed by atoms with van der Waals surface area (Å²) in [6.07, 6.45) is 4.29. The van der Waals surface area contributed by atoms with E-state index in [4.69, 9.17) is 16.3 Å². The molecule has 2 rings (SSSR count). The van der Waals surface area contributed by atoms with Gasteiger partial charge in [0, 0.05) is 19.5 Å². The molecule has 2 aromatic heterocycles. The maximum Gasteiger partial charge on any atom is 0.302 e. The summed E-state index contributed by atoms with van der Waals surface area (Å²) < 4.78 is 4.91. The SMILES string of the molecule is CSc1nc(Cl)c2c(CCOC(C)=O)c[nH]c2n1. The first-order valence-corrected chi connectivity index (χ1v) is 6.93. The predicted molar refractivity (Wildman–Crippen MR) is 71.0 cm³/mol. The highest BCUT2D eigenvalue weighted by Gasteiger charge is 2.12. The van der Waals surface area contributed by atoms with Crippen molar-refractivity contribution in [1.82, 2.24) is 15.0 Å². The molecule has 2 aromatic rings. The molecule has 1 N–H and O–H groups in total. The van der Waals surface area contributed by atoms with Crippen molar-refractivity contribution in [3.8, 4) is 0 Å². The largest absolute Gasteiger partial charge is 0.466 e. The Morgan fingerprint density at radius 3 is 3.00 bits per heavy atom. The average Bonchev–Trinajstić information content (AvgIpc) is 2.72. The van der Waals surface area contributed by atoms with Crippen LogP contribution in [0.5, 0.6) is 0 Å². The zero-order valence-electron chi connectivity index (χ0n) is 9.99. The van der Waals surface area contributed by atoms with Gasteiger partial charge in [-0.25, -0.2) is 9.97 Å². The summed E-state index contributed by atoms with van der Waals surface area (Å²) in [6, 6.07) is 0. The van der Waals surface area contributed by atoms with E-state index in [-0.39, 0.29) is 5.97 Å². The maximum atomic E-state index is 10.7. The minimum atomic E-state index is -0.290. The standard InChI is InChI=1S/C11H12ClN3O2S/c1-6(16)17-4-3-7-5-13-10-8(7)9(12)14-11(15-10)18-2/h5H,3-4H2,1-2H3,(H,13,14,15). The van der Waals surface area contributed by atoms with Gasteiger partial charge in [0.1, 0.15) is 10.8 Å². The number of carbonyl (C=O) groups excluding carboxylic acids is 1. The Bertz CT molecular complexity index is 585. The zero-order chi connectivity index (χ0) is 13.1. The number of halogens is 1. The van der Waals surface area contributed by atoms with Gasteiger partial charge in [-0.1, -0.05) is 23.4 Å². The van der Waals surface area contributed by atoms with Gasteiger partial charge in [-0.05, 0) is 11.8 Å². The lowest BCUT2D eigenvalue weighted by Crippen LogP contribution is -2.03. The van der Waals surface area contributed by atoms with Crippen LogP contribution in [0.1, 0.15) is 12.5 Å². The Morgan fingerprint density at radius 2 is 2.33 bits per heavy atom. The molecule has 0 saturated carbocycles. The smallest absolute Gasteiger partial charge is 0.302 e. The molecule has 0 aliphatic carbocycles. The fourth-order valence-electron chi connectivity index (χ4n) is 1.62. The van der Waals surface area contributed by atoms with Crippen LogP contribution in [-0.4, -0.2) is 33.8 Å². The van der Waals surface area contributed by atoms with Crippen molar-refractivity contribution in [2.75, 3.05) is 12.9 Å². The van der Waals surface area contributed by atoms with Crippen molar-refractivity contribution in [1.29, 1.82) is 0 Å². The van der Waals surface area contributed by atoms with Crippen LogP contribution in [0.4, 0.5) is 0 Å². The first-order valence-electron chi connectivity index (χ1n) is 5.32. The third kappa shape index (κ3) is 2.76. The summed E-state index contributed by atoms with van der Waals surface area (Å²) in [5.41, 5.74) is 1.65. The van der Waals surface area contributed by atoms with Crippen LogP contribution in [0, 0.1) is 0 Å². The third-order valence-corrected chi connectivity index (χ3v) is 3.23. The molecule has 5 nitrogen and oxygen atoms in total. The van der Waals surface area contributed by atoms with Crippen LogP contribution in [0.25, 0.3) is 11.0 Å². The van der Waals surface area contributed by atoms with E-state index in [1.54, 1.807) is 0 Å². The van der Waals surface area contributed by atoms with Crippen LogP contribution in [0.3, 0.4) is 0 Å². The van der Waals surface area contributed by atoms with Crippen molar-refractivity contribution in [3.63, 3.8) is 0 Å². The number of carbonyl (C=O) groups is 1. The molecule has 0 aliphatic rings. The van der Waals surface area contributed by atoms with E-state index in [9.17, 15) is 4.79 Å². The summed E-state index contributed by atoms with van der Waals surface area (Å²) >= 11 is 7.57. The molecular weight excluding hydrogens is 274 g/mol. The number of hydrogen-bond acceptors (Lipinski definition) is 5. The number of H-pyrrole nitrogens is 1. The molecule has 96 valence electrons. The van der Waals surface area contributed by atoms with Crippen molar-refractivity contribution in [2.24, 2.45) is 0 Å². The van der Waals surface area contributed by atoms with Gasteiger partial charge in [0.25, 0.3) is 0 Å². The highest BCUT2D eigenvalue weighted by Crippen LogP contribution is 2.26. The second-order valence-electron chi connectivity index (χ2n) is 3.63. The highest BCUT2D eigenvalue weighted by molar-refractivity contribution is 7.98. The summed E-state index contributed by atoms with van der Waals surface area (Å²) in [6.45, 7) is 1.71. The first-order chi connectivity index (χ1) is 8.61. The van der Waals surface area contributed by atoms with Crippen LogP contribution < -0.4 is 0 Å². The molecule has 7 heteroatoms. The summed E-state index contributed by atoms with van der Waals surface area (Å²) in [4.78, 5) is 22.3. The van der Waals surface area contributed by atoms with Gasteiger partial charge in [0.05, 0.1) is 12.0 Å². The summed E-state index contributed by atoms with van der Waals surface area (Å²) in [7, 11) is 0. The van der Waals surface area contributed by atoms with Crippen molar-refractivity contribution < 1.29 is 9.53 Å². The Labute approximate surface area is 113 Å². The van der Waals surface area contributed by atoms with E-state index in [0.29, 0.717) is 29.0 Å². The number of esters is 1. The monoisotopic (exact) mass is 285 g/mol. The Morgan fingerprint density at radius 1 is 1.56 bits per heavy atom. The number of hydrogen-bond donors (Lipinski definition) is 1. The second-order valence-corrected chi connectivity index (χ2v) is 4.76. The fourth-order valence-corrected chi connectivity index (χ4v) is 2.33. The Kier molecular flexibility index (Phi) is 4.08. The molecule has 0 saturated heterocycles. The van der Waals surface area contributed by atoms with E-state index in [1.165, 1.54) is 18.7 Å². The van der Waals surface area contributed by atoms with E-state index in [1.807, 2.05) is 12.5 Å². The normalized spacial score (nSPS) is 10.8. The van der Waals surface area contributed by atoms with Gasteiger partial charge in [-0.2, -0.15) is 0 Å². The summed E-state index contributed by atoms with van der Waals surface area (Å²) in [5, 5.41) is 1.84.